The van der Waals surface area contributed by atoms with E-state index in [0.29, 0.717) is 12.1 Å². The molecule has 106 valence electrons. The van der Waals surface area contributed by atoms with E-state index in [1.807, 2.05) is 60.7 Å². The topological polar surface area (TPSA) is 49.7 Å². The van der Waals surface area contributed by atoms with Gasteiger partial charge in [-0.2, -0.15) is 0 Å². The number of rotatable bonds is 6. The standard InChI is InChI=1S/C18H17NO2/c1-2-9-16(18(20)21)19-17(14-10-5-3-6-11-14)15-12-7-4-8-13-15/h2-8,10-13,16H,1,9H2,(H,20,21)/t16-/m0/s1. The van der Waals surface area contributed by atoms with Crippen molar-refractivity contribution in [2.24, 2.45) is 4.99 Å². The minimum atomic E-state index is -0.945. The lowest BCUT2D eigenvalue weighted by atomic mass is 10.0. The van der Waals surface area contributed by atoms with Gasteiger partial charge in [0.05, 0.1) is 5.71 Å². The molecule has 0 saturated heterocycles. The fraction of sp³-hybridized carbons (Fsp3) is 0.111. The maximum atomic E-state index is 11.3. The van der Waals surface area contributed by atoms with Crippen molar-refractivity contribution >= 4 is 11.7 Å². The molecule has 0 aromatic heterocycles. The molecule has 0 fully saturated rings. The first-order chi connectivity index (χ1) is 10.2. The average Bonchev–Trinajstić information content (AvgIpc) is 2.53. The summed E-state index contributed by atoms with van der Waals surface area (Å²) in [4.78, 5) is 15.8. The van der Waals surface area contributed by atoms with Crippen LogP contribution in [0, 0.1) is 0 Å². The predicted molar refractivity (Wildman–Crippen MR) is 84.8 cm³/mol. The molecule has 0 heterocycles. The van der Waals surface area contributed by atoms with E-state index in [-0.39, 0.29) is 0 Å². The number of benzene rings is 2. The summed E-state index contributed by atoms with van der Waals surface area (Å²) in [5.74, 6) is -0.945. The molecule has 2 aromatic carbocycles. The van der Waals surface area contributed by atoms with Gasteiger partial charge in [-0.3, -0.25) is 4.99 Å². The van der Waals surface area contributed by atoms with E-state index < -0.39 is 12.0 Å². The van der Waals surface area contributed by atoms with E-state index in [0.717, 1.165) is 11.1 Å². The SMILES string of the molecule is C=CC[C@H](N=C(c1ccccc1)c1ccccc1)C(=O)O. The predicted octanol–water partition coefficient (Wildman–Crippen LogP) is 3.55. The minimum absolute atomic E-state index is 0.304. The number of nitrogens with zero attached hydrogens (tertiary/aromatic N) is 1. The Bertz CT molecular complexity index is 591. The Morgan fingerprint density at radius 2 is 1.52 bits per heavy atom. The van der Waals surface area contributed by atoms with Crippen LogP contribution in [0.3, 0.4) is 0 Å². The first-order valence-electron chi connectivity index (χ1n) is 6.74. The highest BCUT2D eigenvalue weighted by atomic mass is 16.4. The van der Waals surface area contributed by atoms with Gasteiger partial charge in [0, 0.05) is 11.1 Å². The molecule has 0 spiro atoms. The molecule has 3 heteroatoms. The highest BCUT2D eigenvalue weighted by molar-refractivity contribution is 6.13. The lowest BCUT2D eigenvalue weighted by molar-refractivity contribution is -0.138. The molecule has 0 amide bonds. The van der Waals surface area contributed by atoms with Gasteiger partial charge < -0.3 is 5.11 Å². The molecule has 0 bridgehead atoms. The van der Waals surface area contributed by atoms with E-state index in [9.17, 15) is 9.90 Å². The molecular formula is C18H17NO2. The van der Waals surface area contributed by atoms with Gasteiger partial charge in [0.1, 0.15) is 0 Å². The quantitative estimate of drug-likeness (QED) is 0.649. The van der Waals surface area contributed by atoms with E-state index >= 15 is 0 Å². The summed E-state index contributed by atoms with van der Waals surface area (Å²) in [6.45, 7) is 3.60. The van der Waals surface area contributed by atoms with E-state index in [1.165, 1.54) is 0 Å². The summed E-state index contributed by atoms with van der Waals surface area (Å²) in [5.41, 5.74) is 2.49. The van der Waals surface area contributed by atoms with Crippen LogP contribution in [0.5, 0.6) is 0 Å². The fourth-order valence-electron chi connectivity index (χ4n) is 2.03. The molecule has 0 aliphatic carbocycles. The van der Waals surface area contributed by atoms with Crippen LogP contribution in [-0.4, -0.2) is 22.8 Å². The summed E-state index contributed by atoms with van der Waals surface area (Å²) < 4.78 is 0. The third-order valence-corrected chi connectivity index (χ3v) is 3.05. The fourth-order valence-corrected chi connectivity index (χ4v) is 2.03. The van der Waals surface area contributed by atoms with Crippen molar-refractivity contribution in [3.63, 3.8) is 0 Å². The van der Waals surface area contributed by atoms with E-state index in [2.05, 4.69) is 11.6 Å². The number of carbonyl (C=O) groups is 1. The highest BCUT2D eigenvalue weighted by Gasteiger charge is 2.17. The van der Waals surface area contributed by atoms with Gasteiger partial charge in [-0.15, -0.1) is 6.58 Å². The monoisotopic (exact) mass is 279 g/mol. The van der Waals surface area contributed by atoms with Crippen LogP contribution in [0.1, 0.15) is 17.5 Å². The molecule has 3 nitrogen and oxygen atoms in total. The lowest BCUT2D eigenvalue weighted by Crippen LogP contribution is -2.20. The molecule has 1 N–H and O–H groups in total. The molecule has 2 rings (SSSR count). The summed E-state index contributed by atoms with van der Waals surface area (Å²) in [5, 5.41) is 9.29. The van der Waals surface area contributed by atoms with Gasteiger partial charge in [0.15, 0.2) is 6.04 Å². The molecular weight excluding hydrogens is 262 g/mol. The number of carboxylic acid groups (broad SMARTS) is 1. The minimum Gasteiger partial charge on any atom is -0.480 e. The van der Waals surface area contributed by atoms with Crippen molar-refractivity contribution in [1.29, 1.82) is 0 Å². The van der Waals surface area contributed by atoms with Crippen LogP contribution in [-0.2, 0) is 4.79 Å². The smallest absolute Gasteiger partial charge is 0.328 e. The molecule has 1 atom stereocenters. The average molecular weight is 279 g/mol. The van der Waals surface area contributed by atoms with Crippen molar-refractivity contribution in [3.05, 3.63) is 84.4 Å². The number of hydrogen-bond acceptors (Lipinski definition) is 2. The maximum absolute atomic E-state index is 11.3. The second-order valence-corrected chi connectivity index (χ2v) is 4.59. The van der Waals surface area contributed by atoms with Gasteiger partial charge in [-0.05, 0) is 6.42 Å². The molecule has 21 heavy (non-hydrogen) atoms. The number of hydrogen-bond donors (Lipinski definition) is 1. The van der Waals surface area contributed by atoms with E-state index in [4.69, 9.17) is 0 Å². The number of carboxylic acids is 1. The first-order valence-corrected chi connectivity index (χ1v) is 6.74. The number of aliphatic carboxylic acids is 1. The Morgan fingerprint density at radius 1 is 1.05 bits per heavy atom. The zero-order valence-electron chi connectivity index (χ0n) is 11.6. The van der Waals surface area contributed by atoms with Crippen LogP contribution in [0.2, 0.25) is 0 Å². The van der Waals surface area contributed by atoms with Crippen molar-refractivity contribution < 1.29 is 9.90 Å². The van der Waals surface area contributed by atoms with Crippen LogP contribution in [0.15, 0.2) is 78.3 Å². The van der Waals surface area contributed by atoms with Gasteiger partial charge in [0.25, 0.3) is 0 Å². The Labute approximate surface area is 124 Å². The van der Waals surface area contributed by atoms with Gasteiger partial charge >= 0.3 is 5.97 Å². The van der Waals surface area contributed by atoms with Gasteiger partial charge in [-0.25, -0.2) is 4.79 Å². The Kier molecular flexibility index (Phi) is 5.04. The first kappa shape index (κ1) is 14.7. The Morgan fingerprint density at radius 3 is 1.90 bits per heavy atom. The van der Waals surface area contributed by atoms with Gasteiger partial charge in [-0.1, -0.05) is 66.7 Å². The van der Waals surface area contributed by atoms with Crippen LogP contribution < -0.4 is 0 Å². The van der Waals surface area contributed by atoms with Crippen molar-refractivity contribution in [2.45, 2.75) is 12.5 Å². The molecule has 0 radical (unpaired) electrons. The maximum Gasteiger partial charge on any atom is 0.328 e. The molecule has 0 unspecified atom stereocenters. The van der Waals surface area contributed by atoms with Crippen molar-refractivity contribution in [2.75, 3.05) is 0 Å². The third-order valence-electron chi connectivity index (χ3n) is 3.05. The van der Waals surface area contributed by atoms with E-state index in [1.54, 1.807) is 6.08 Å². The molecule has 0 aliphatic rings. The Balaban J connectivity index is 2.50. The summed E-state index contributed by atoms with van der Waals surface area (Å²) in [6, 6.07) is 18.4. The molecule has 0 aliphatic heterocycles. The molecule has 0 saturated carbocycles. The van der Waals surface area contributed by atoms with Crippen molar-refractivity contribution in [1.82, 2.24) is 0 Å². The highest BCUT2D eigenvalue weighted by Crippen LogP contribution is 2.13. The largest absolute Gasteiger partial charge is 0.480 e. The second-order valence-electron chi connectivity index (χ2n) is 4.59. The Hall–Kier alpha value is -2.68. The lowest BCUT2D eigenvalue weighted by Gasteiger charge is -2.11. The zero-order valence-corrected chi connectivity index (χ0v) is 11.6. The normalized spacial score (nSPS) is 11.4. The summed E-state index contributed by atoms with van der Waals surface area (Å²) in [7, 11) is 0. The van der Waals surface area contributed by atoms with Crippen LogP contribution in [0.4, 0.5) is 0 Å². The third kappa shape index (κ3) is 3.89. The summed E-state index contributed by atoms with van der Waals surface area (Å²) in [6.07, 6.45) is 1.88. The van der Waals surface area contributed by atoms with Crippen molar-refractivity contribution in [3.8, 4) is 0 Å². The van der Waals surface area contributed by atoms with Crippen LogP contribution in [0.25, 0.3) is 0 Å². The number of aliphatic imine (C=N–C) groups is 1. The molecule has 2 aromatic rings. The summed E-state index contributed by atoms with van der Waals surface area (Å²) >= 11 is 0. The van der Waals surface area contributed by atoms with Gasteiger partial charge in [0.2, 0.25) is 0 Å². The second kappa shape index (κ2) is 7.20. The zero-order chi connectivity index (χ0) is 15.1. The van der Waals surface area contributed by atoms with Crippen LogP contribution >= 0.6 is 0 Å².